The quantitative estimate of drug-likeness (QED) is 0.867. The Morgan fingerprint density at radius 3 is 3.00 bits per heavy atom. The molecule has 1 aliphatic heterocycles. The van der Waals surface area contributed by atoms with Gasteiger partial charge < -0.3 is 9.64 Å². The van der Waals surface area contributed by atoms with Gasteiger partial charge in [0, 0.05) is 17.6 Å². The summed E-state index contributed by atoms with van der Waals surface area (Å²) in [6.07, 6.45) is 1.22. The lowest BCUT2D eigenvalue weighted by Gasteiger charge is -2.11. The highest BCUT2D eigenvalue weighted by molar-refractivity contribution is 9.10. The van der Waals surface area contributed by atoms with Crippen molar-refractivity contribution in [3.8, 4) is 5.75 Å². The molecule has 0 spiro atoms. The zero-order valence-electron chi connectivity index (χ0n) is 11.1. The van der Waals surface area contributed by atoms with Crippen molar-refractivity contribution < 1.29 is 4.74 Å². The molecule has 0 bridgehead atoms. The Labute approximate surface area is 120 Å². The van der Waals surface area contributed by atoms with E-state index in [-0.39, 0.29) is 0 Å². The first-order chi connectivity index (χ1) is 9.19. The van der Waals surface area contributed by atoms with Crippen molar-refractivity contribution in [3.05, 3.63) is 16.6 Å². The van der Waals surface area contributed by atoms with Crippen molar-refractivity contribution in [2.24, 2.45) is 5.92 Å². The van der Waals surface area contributed by atoms with Gasteiger partial charge in [-0.3, -0.25) is 0 Å². The molecule has 1 saturated heterocycles. The van der Waals surface area contributed by atoms with Crippen LogP contribution in [-0.2, 0) is 6.54 Å². The second-order valence-corrected chi connectivity index (χ2v) is 5.99. The van der Waals surface area contributed by atoms with Crippen LogP contribution in [0.15, 0.2) is 16.6 Å². The molecular weight excluding hydrogens is 308 g/mol. The molecule has 5 nitrogen and oxygen atoms in total. The second-order valence-electron chi connectivity index (χ2n) is 5.14. The van der Waals surface area contributed by atoms with Crippen molar-refractivity contribution in [2.75, 3.05) is 27.2 Å². The average molecular weight is 325 g/mol. The van der Waals surface area contributed by atoms with Crippen LogP contribution in [-0.4, -0.2) is 47.1 Å². The fourth-order valence-electron chi connectivity index (χ4n) is 2.73. The van der Waals surface area contributed by atoms with Gasteiger partial charge in [0.05, 0.1) is 7.11 Å². The Morgan fingerprint density at radius 1 is 1.47 bits per heavy atom. The normalized spacial score (nSPS) is 20.3. The highest BCUT2D eigenvalue weighted by Gasteiger charge is 2.22. The van der Waals surface area contributed by atoms with Gasteiger partial charge in [-0.05, 0) is 54.0 Å². The summed E-state index contributed by atoms with van der Waals surface area (Å²) in [5.74, 6) is 1.42. The molecule has 1 fully saturated rings. The Balaban J connectivity index is 1.96. The largest absolute Gasteiger partial charge is 0.494 e. The molecule has 0 N–H and O–H groups in total. The van der Waals surface area contributed by atoms with Crippen molar-refractivity contribution in [1.29, 1.82) is 0 Å². The highest BCUT2D eigenvalue weighted by Crippen LogP contribution is 2.30. The first kappa shape index (κ1) is 12.9. The number of likely N-dealkylation sites (tertiary alicyclic amines) is 1. The van der Waals surface area contributed by atoms with E-state index in [2.05, 4.69) is 38.2 Å². The summed E-state index contributed by atoms with van der Waals surface area (Å²) in [5, 5.41) is 8.55. The SMILES string of the molecule is COc1ccc(Br)c2c1nnn2CC1CCN(C)C1. The first-order valence-electron chi connectivity index (χ1n) is 6.43. The van der Waals surface area contributed by atoms with E-state index in [1.165, 1.54) is 13.0 Å². The van der Waals surface area contributed by atoms with Gasteiger partial charge in [-0.25, -0.2) is 4.68 Å². The summed E-state index contributed by atoms with van der Waals surface area (Å²) in [4.78, 5) is 2.36. The van der Waals surface area contributed by atoms with E-state index in [4.69, 9.17) is 4.74 Å². The van der Waals surface area contributed by atoms with Crippen molar-refractivity contribution in [1.82, 2.24) is 19.9 Å². The van der Waals surface area contributed by atoms with E-state index in [0.29, 0.717) is 5.92 Å². The Hall–Kier alpha value is -1.14. The molecule has 1 unspecified atom stereocenters. The van der Waals surface area contributed by atoms with Gasteiger partial charge in [-0.15, -0.1) is 5.10 Å². The molecule has 2 heterocycles. The summed E-state index contributed by atoms with van der Waals surface area (Å²) in [5.41, 5.74) is 1.84. The first-order valence-corrected chi connectivity index (χ1v) is 7.22. The molecule has 19 heavy (non-hydrogen) atoms. The number of hydrogen-bond donors (Lipinski definition) is 0. The second kappa shape index (κ2) is 5.09. The summed E-state index contributed by atoms with van der Waals surface area (Å²) in [7, 11) is 3.83. The van der Waals surface area contributed by atoms with Gasteiger partial charge >= 0.3 is 0 Å². The predicted molar refractivity (Wildman–Crippen MR) is 77.4 cm³/mol. The Bertz CT molecular complexity index is 598. The lowest BCUT2D eigenvalue weighted by atomic mass is 10.1. The zero-order chi connectivity index (χ0) is 13.4. The maximum atomic E-state index is 5.34. The fourth-order valence-corrected chi connectivity index (χ4v) is 3.26. The van der Waals surface area contributed by atoms with E-state index in [1.54, 1.807) is 7.11 Å². The lowest BCUT2D eigenvalue weighted by Crippen LogP contribution is -2.17. The van der Waals surface area contributed by atoms with Crippen LogP contribution in [0.3, 0.4) is 0 Å². The van der Waals surface area contributed by atoms with Crippen LogP contribution in [0.4, 0.5) is 0 Å². The van der Waals surface area contributed by atoms with Gasteiger partial charge in [0.15, 0.2) is 5.52 Å². The standard InChI is InChI=1S/C13H17BrN4O/c1-17-6-5-9(7-17)8-18-13-10(14)3-4-11(19-2)12(13)15-16-18/h3-4,9H,5-8H2,1-2H3. The van der Waals surface area contributed by atoms with Gasteiger partial charge in [0.25, 0.3) is 0 Å². The average Bonchev–Trinajstić information content (AvgIpc) is 2.98. The zero-order valence-corrected chi connectivity index (χ0v) is 12.7. The maximum absolute atomic E-state index is 5.34. The van der Waals surface area contributed by atoms with Crippen LogP contribution in [0.5, 0.6) is 5.75 Å². The molecule has 1 aromatic heterocycles. The summed E-state index contributed by atoms with van der Waals surface area (Å²) < 4.78 is 8.34. The summed E-state index contributed by atoms with van der Waals surface area (Å²) in [6.45, 7) is 3.21. The number of halogens is 1. The Kier molecular flexibility index (Phi) is 3.45. The molecule has 0 saturated carbocycles. The van der Waals surface area contributed by atoms with E-state index in [0.717, 1.165) is 34.3 Å². The summed E-state index contributed by atoms with van der Waals surface area (Å²) in [6, 6.07) is 3.90. The number of nitrogens with zero attached hydrogens (tertiary/aromatic N) is 4. The third-order valence-corrected chi connectivity index (χ3v) is 4.36. The highest BCUT2D eigenvalue weighted by atomic mass is 79.9. The van der Waals surface area contributed by atoms with Crippen molar-refractivity contribution in [2.45, 2.75) is 13.0 Å². The van der Waals surface area contributed by atoms with E-state index in [9.17, 15) is 0 Å². The number of ether oxygens (including phenoxy) is 1. The monoisotopic (exact) mass is 324 g/mol. The van der Waals surface area contributed by atoms with Gasteiger partial charge in [-0.2, -0.15) is 0 Å². The minimum Gasteiger partial charge on any atom is -0.494 e. The number of methoxy groups -OCH3 is 1. The molecule has 0 radical (unpaired) electrons. The van der Waals surface area contributed by atoms with Crippen LogP contribution < -0.4 is 4.74 Å². The van der Waals surface area contributed by atoms with Crippen LogP contribution >= 0.6 is 15.9 Å². The van der Waals surface area contributed by atoms with Gasteiger partial charge in [0.1, 0.15) is 11.3 Å². The molecule has 1 aromatic carbocycles. The summed E-state index contributed by atoms with van der Waals surface area (Å²) >= 11 is 3.58. The number of fused-ring (bicyclic) bond motifs is 1. The predicted octanol–water partition coefficient (Wildman–Crippen LogP) is 2.15. The topological polar surface area (TPSA) is 43.2 Å². The van der Waals surface area contributed by atoms with Crippen molar-refractivity contribution in [3.63, 3.8) is 0 Å². The minimum atomic E-state index is 0.646. The van der Waals surface area contributed by atoms with Gasteiger partial charge in [0.2, 0.25) is 0 Å². The number of rotatable bonds is 3. The molecule has 1 aliphatic rings. The van der Waals surface area contributed by atoms with Crippen LogP contribution in [0.1, 0.15) is 6.42 Å². The van der Waals surface area contributed by atoms with E-state index in [1.807, 2.05) is 16.8 Å². The molecule has 6 heteroatoms. The smallest absolute Gasteiger partial charge is 0.156 e. The van der Waals surface area contributed by atoms with Crippen molar-refractivity contribution >= 4 is 27.0 Å². The third kappa shape index (κ3) is 2.34. The van der Waals surface area contributed by atoms with E-state index >= 15 is 0 Å². The van der Waals surface area contributed by atoms with Crippen LogP contribution in [0.25, 0.3) is 11.0 Å². The Morgan fingerprint density at radius 2 is 2.32 bits per heavy atom. The number of hydrogen-bond acceptors (Lipinski definition) is 4. The molecule has 0 aliphatic carbocycles. The third-order valence-electron chi connectivity index (χ3n) is 3.72. The molecule has 1 atom stereocenters. The minimum absolute atomic E-state index is 0.646. The maximum Gasteiger partial charge on any atom is 0.156 e. The number of benzene rings is 1. The lowest BCUT2D eigenvalue weighted by molar-refractivity contribution is 0.370. The fraction of sp³-hybridized carbons (Fsp3) is 0.538. The van der Waals surface area contributed by atoms with Crippen LogP contribution in [0, 0.1) is 5.92 Å². The molecule has 102 valence electrons. The van der Waals surface area contributed by atoms with Crippen LogP contribution in [0.2, 0.25) is 0 Å². The molecular formula is C13H17BrN4O. The molecule has 0 amide bonds. The van der Waals surface area contributed by atoms with E-state index < -0.39 is 0 Å². The van der Waals surface area contributed by atoms with Gasteiger partial charge in [-0.1, -0.05) is 5.21 Å². The molecule has 2 aromatic rings. The molecule has 3 rings (SSSR count). The number of aromatic nitrogens is 3.